The molecule has 0 N–H and O–H groups in total. The van der Waals surface area contributed by atoms with E-state index >= 15 is 0 Å². The molecule has 2 heteroatoms. The van der Waals surface area contributed by atoms with Crippen LogP contribution >= 0.6 is 0 Å². The molecule has 1 aromatic rings. The van der Waals surface area contributed by atoms with E-state index in [0.29, 0.717) is 5.92 Å². The summed E-state index contributed by atoms with van der Waals surface area (Å²) >= 11 is 0. The van der Waals surface area contributed by atoms with E-state index < -0.39 is 0 Å². The first kappa shape index (κ1) is 11.2. The van der Waals surface area contributed by atoms with Gasteiger partial charge in [0.1, 0.15) is 5.76 Å². The molecule has 1 rings (SSSR count). The third-order valence-electron chi connectivity index (χ3n) is 1.44. The molecule has 2 nitrogen and oxygen atoms in total. The minimum absolute atomic E-state index is 0.452. The molecule has 0 aromatic carbocycles. The van der Waals surface area contributed by atoms with E-state index in [-0.39, 0.29) is 0 Å². The van der Waals surface area contributed by atoms with Gasteiger partial charge in [0.05, 0.1) is 6.20 Å². The van der Waals surface area contributed by atoms with Crippen molar-refractivity contribution in [2.24, 2.45) is 0 Å². The van der Waals surface area contributed by atoms with Crippen molar-refractivity contribution in [1.29, 1.82) is 0 Å². The Hall–Kier alpha value is -0.790. The zero-order valence-corrected chi connectivity index (χ0v) is 8.72. The maximum Gasteiger partial charge on any atom is 0.194 e. The number of aryl methyl sites for hydroxylation is 1. The van der Waals surface area contributed by atoms with Crippen LogP contribution in [0.5, 0.6) is 0 Å². The molecule has 1 aromatic heterocycles. The van der Waals surface area contributed by atoms with Crippen LogP contribution in [0.1, 0.15) is 52.2 Å². The van der Waals surface area contributed by atoms with Gasteiger partial charge in [0, 0.05) is 12.3 Å². The minimum atomic E-state index is 0.452. The molecule has 0 radical (unpaired) electrons. The summed E-state index contributed by atoms with van der Waals surface area (Å²) in [6, 6.07) is 0. The van der Waals surface area contributed by atoms with Crippen molar-refractivity contribution >= 4 is 0 Å². The lowest BCUT2D eigenvalue weighted by Crippen LogP contribution is -1.80. The Bertz CT molecular complexity index is 203. The maximum absolute atomic E-state index is 5.38. The second-order valence-corrected chi connectivity index (χ2v) is 2.66. The Morgan fingerprint density at radius 1 is 1.42 bits per heavy atom. The normalized spacial score (nSPS) is 9.50. The van der Waals surface area contributed by atoms with Gasteiger partial charge in [-0.1, -0.05) is 34.6 Å². The molecular formula is C10H19NO. The smallest absolute Gasteiger partial charge is 0.194 e. The van der Waals surface area contributed by atoms with Crippen LogP contribution in [0.3, 0.4) is 0 Å². The number of oxazole rings is 1. The summed E-state index contributed by atoms with van der Waals surface area (Å²) in [6.07, 6.45) is 2.69. The number of nitrogens with zero attached hydrogens (tertiary/aromatic N) is 1. The van der Waals surface area contributed by atoms with Crippen LogP contribution in [-0.2, 0) is 6.42 Å². The van der Waals surface area contributed by atoms with Crippen molar-refractivity contribution in [3.05, 3.63) is 17.8 Å². The van der Waals surface area contributed by atoms with E-state index in [1.807, 2.05) is 27.0 Å². The van der Waals surface area contributed by atoms with Crippen molar-refractivity contribution in [3.8, 4) is 0 Å². The van der Waals surface area contributed by atoms with Gasteiger partial charge in [0.15, 0.2) is 5.89 Å². The molecule has 12 heavy (non-hydrogen) atoms. The van der Waals surface area contributed by atoms with E-state index in [2.05, 4.69) is 18.8 Å². The summed E-state index contributed by atoms with van der Waals surface area (Å²) in [5.41, 5.74) is 0. The van der Waals surface area contributed by atoms with E-state index in [9.17, 15) is 0 Å². The number of hydrogen-bond acceptors (Lipinski definition) is 2. The number of aromatic nitrogens is 1. The predicted octanol–water partition coefficient (Wildman–Crippen LogP) is 3.39. The molecule has 0 saturated heterocycles. The van der Waals surface area contributed by atoms with Gasteiger partial charge in [0.2, 0.25) is 0 Å². The zero-order chi connectivity index (χ0) is 9.56. The van der Waals surface area contributed by atoms with Gasteiger partial charge in [-0.15, -0.1) is 0 Å². The standard InChI is InChI=1S/C8H13NO.C2H6/c1-4-8-9-5-7(10-8)6(2)3;1-2/h5-6H,4H2,1-3H3;1-2H3. The number of rotatable bonds is 2. The largest absolute Gasteiger partial charge is 0.445 e. The molecule has 0 amide bonds. The first-order chi connectivity index (χ1) is 5.74. The predicted molar refractivity (Wildman–Crippen MR) is 51.3 cm³/mol. The summed E-state index contributed by atoms with van der Waals surface area (Å²) in [4.78, 5) is 4.09. The van der Waals surface area contributed by atoms with Crippen LogP contribution in [-0.4, -0.2) is 4.98 Å². The average molecular weight is 169 g/mol. The van der Waals surface area contributed by atoms with Gasteiger partial charge in [-0.25, -0.2) is 4.98 Å². The second-order valence-electron chi connectivity index (χ2n) is 2.66. The fourth-order valence-electron chi connectivity index (χ4n) is 0.755. The van der Waals surface area contributed by atoms with Gasteiger partial charge in [0.25, 0.3) is 0 Å². The van der Waals surface area contributed by atoms with Gasteiger partial charge in [-0.05, 0) is 0 Å². The first-order valence-corrected chi connectivity index (χ1v) is 4.68. The summed E-state index contributed by atoms with van der Waals surface area (Å²) < 4.78 is 5.38. The molecule has 0 unspecified atom stereocenters. The van der Waals surface area contributed by atoms with Crippen LogP contribution < -0.4 is 0 Å². The van der Waals surface area contributed by atoms with Crippen LogP contribution in [0.15, 0.2) is 10.6 Å². The molecule has 0 aliphatic rings. The highest BCUT2D eigenvalue weighted by Crippen LogP contribution is 2.14. The van der Waals surface area contributed by atoms with Crippen molar-refractivity contribution in [1.82, 2.24) is 4.98 Å². The highest BCUT2D eigenvalue weighted by molar-refractivity contribution is 4.98. The molecule has 0 bridgehead atoms. The van der Waals surface area contributed by atoms with E-state index in [1.165, 1.54) is 0 Å². The third-order valence-corrected chi connectivity index (χ3v) is 1.44. The molecule has 0 fully saturated rings. The molecule has 1 heterocycles. The maximum atomic E-state index is 5.38. The Labute approximate surface area is 75.0 Å². The van der Waals surface area contributed by atoms with Crippen molar-refractivity contribution in [3.63, 3.8) is 0 Å². The Morgan fingerprint density at radius 2 is 2.00 bits per heavy atom. The monoisotopic (exact) mass is 169 g/mol. The Balaban J connectivity index is 0.000000561. The zero-order valence-electron chi connectivity index (χ0n) is 8.72. The van der Waals surface area contributed by atoms with E-state index in [0.717, 1.165) is 18.1 Å². The van der Waals surface area contributed by atoms with Gasteiger partial charge in [-0.3, -0.25) is 0 Å². The fourth-order valence-corrected chi connectivity index (χ4v) is 0.755. The highest BCUT2D eigenvalue weighted by atomic mass is 16.4. The van der Waals surface area contributed by atoms with E-state index in [1.54, 1.807) is 0 Å². The minimum Gasteiger partial charge on any atom is -0.445 e. The van der Waals surface area contributed by atoms with Crippen LogP contribution in [0.4, 0.5) is 0 Å². The van der Waals surface area contributed by atoms with Crippen LogP contribution in [0.2, 0.25) is 0 Å². The summed E-state index contributed by atoms with van der Waals surface area (Å²) in [5.74, 6) is 2.27. The Morgan fingerprint density at radius 3 is 2.25 bits per heavy atom. The lowest BCUT2D eigenvalue weighted by atomic mass is 10.2. The van der Waals surface area contributed by atoms with Gasteiger partial charge < -0.3 is 4.42 Å². The van der Waals surface area contributed by atoms with E-state index in [4.69, 9.17) is 4.42 Å². The Kier molecular flexibility index (Phi) is 5.43. The highest BCUT2D eigenvalue weighted by Gasteiger charge is 2.04. The first-order valence-electron chi connectivity index (χ1n) is 4.68. The molecule has 0 saturated carbocycles. The molecule has 0 aliphatic heterocycles. The molecule has 0 atom stereocenters. The SMILES string of the molecule is CC.CCc1ncc(C(C)C)o1. The van der Waals surface area contributed by atoms with Gasteiger partial charge >= 0.3 is 0 Å². The lowest BCUT2D eigenvalue weighted by molar-refractivity contribution is 0.443. The fraction of sp³-hybridized carbons (Fsp3) is 0.700. The molecular weight excluding hydrogens is 150 g/mol. The van der Waals surface area contributed by atoms with Crippen molar-refractivity contribution < 1.29 is 4.42 Å². The molecule has 0 spiro atoms. The summed E-state index contributed by atoms with van der Waals surface area (Å²) in [7, 11) is 0. The third kappa shape index (κ3) is 3.07. The molecule has 70 valence electrons. The summed E-state index contributed by atoms with van der Waals surface area (Å²) in [6.45, 7) is 10.2. The van der Waals surface area contributed by atoms with Crippen LogP contribution in [0.25, 0.3) is 0 Å². The van der Waals surface area contributed by atoms with Crippen molar-refractivity contribution in [2.45, 2.75) is 47.0 Å². The second kappa shape index (κ2) is 5.81. The quantitative estimate of drug-likeness (QED) is 0.678. The van der Waals surface area contributed by atoms with Crippen LogP contribution in [0, 0.1) is 0 Å². The van der Waals surface area contributed by atoms with Gasteiger partial charge in [-0.2, -0.15) is 0 Å². The average Bonchev–Trinajstić information content (AvgIpc) is 2.55. The topological polar surface area (TPSA) is 26.0 Å². The summed E-state index contributed by atoms with van der Waals surface area (Å²) in [5, 5.41) is 0. The number of hydrogen-bond donors (Lipinski definition) is 0. The lowest BCUT2D eigenvalue weighted by Gasteiger charge is -1.95. The molecule has 0 aliphatic carbocycles. The van der Waals surface area contributed by atoms with Crippen molar-refractivity contribution in [2.75, 3.05) is 0 Å².